The minimum atomic E-state index is -0.367. The highest BCUT2D eigenvalue weighted by Gasteiger charge is 2.04. The lowest BCUT2D eigenvalue weighted by atomic mass is 10.2. The summed E-state index contributed by atoms with van der Waals surface area (Å²) in [6.45, 7) is -0.0961. The van der Waals surface area contributed by atoms with Gasteiger partial charge >= 0.3 is 0 Å². The van der Waals surface area contributed by atoms with Crippen molar-refractivity contribution in [2.45, 2.75) is 6.54 Å². The molecule has 0 radical (unpaired) electrons. The van der Waals surface area contributed by atoms with E-state index in [1.54, 1.807) is 6.21 Å². The van der Waals surface area contributed by atoms with Gasteiger partial charge in [0.25, 0.3) is 11.9 Å². The van der Waals surface area contributed by atoms with Crippen molar-refractivity contribution >= 4 is 23.8 Å². The Kier molecular flexibility index (Phi) is 4.44. The second kappa shape index (κ2) is 6.46. The van der Waals surface area contributed by atoms with Gasteiger partial charge in [0.15, 0.2) is 0 Å². The van der Waals surface area contributed by atoms with Crippen molar-refractivity contribution in [2.24, 2.45) is 5.10 Å². The van der Waals surface area contributed by atoms with Crippen molar-refractivity contribution in [1.29, 1.82) is 0 Å². The van der Waals surface area contributed by atoms with Crippen molar-refractivity contribution in [1.82, 2.24) is 25.6 Å². The number of tetrazole rings is 1. The largest absolute Gasteiger partial charge is 0.378 e. The number of nitrogens with zero attached hydrogens (tertiary/aromatic N) is 6. The van der Waals surface area contributed by atoms with Gasteiger partial charge in [0, 0.05) is 19.8 Å². The highest BCUT2D eigenvalue weighted by molar-refractivity contribution is 5.82. The van der Waals surface area contributed by atoms with Crippen LogP contribution in [0.25, 0.3) is 0 Å². The number of rotatable bonds is 5. The molecule has 0 aliphatic carbocycles. The van der Waals surface area contributed by atoms with Gasteiger partial charge in [-0.25, -0.2) is 5.43 Å². The standard InChI is InChI=1S/C12H16N8O/c1-19(2)10-5-3-9(4-6-10)7-14-15-11(21)8-20-17-12(13)16-18-20/h3-7H,8H2,1-2H3,(H2,13,17)(H,15,21). The molecule has 2 rings (SSSR count). The Bertz CT molecular complexity index is 631. The number of nitrogens with two attached hydrogens (primary N) is 1. The summed E-state index contributed by atoms with van der Waals surface area (Å²) < 4.78 is 0. The zero-order chi connectivity index (χ0) is 15.2. The lowest BCUT2D eigenvalue weighted by Crippen LogP contribution is -2.24. The van der Waals surface area contributed by atoms with E-state index in [-0.39, 0.29) is 18.4 Å². The predicted molar refractivity (Wildman–Crippen MR) is 78.7 cm³/mol. The Morgan fingerprint density at radius 1 is 1.43 bits per heavy atom. The van der Waals surface area contributed by atoms with Gasteiger partial charge in [0.2, 0.25) is 0 Å². The molecule has 0 spiro atoms. The van der Waals surface area contributed by atoms with Gasteiger partial charge in [-0.2, -0.15) is 9.90 Å². The topological polar surface area (TPSA) is 114 Å². The number of aromatic nitrogens is 4. The molecule has 0 fully saturated rings. The third-order valence-corrected chi connectivity index (χ3v) is 2.57. The number of carbonyl (C=O) groups excluding carboxylic acids is 1. The van der Waals surface area contributed by atoms with Gasteiger partial charge in [0.1, 0.15) is 6.54 Å². The minimum absolute atomic E-state index is 0.0206. The quantitative estimate of drug-likeness (QED) is 0.564. The first-order chi connectivity index (χ1) is 10.0. The lowest BCUT2D eigenvalue weighted by Gasteiger charge is -2.11. The second-order valence-corrected chi connectivity index (χ2v) is 4.46. The van der Waals surface area contributed by atoms with Crippen molar-refractivity contribution < 1.29 is 4.79 Å². The Labute approximate surface area is 121 Å². The normalized spacial score (nSPS) is 10.8. The molecule has 110 valence electrons. The molecule has 0 unspecified atom stereocenters. The molecule has 21 heavy (non-hydrogen) atoms. The van der Waals surface area contributed by atoms with E-state index < -0.39 is 0 Å². The van der Waals surface area contributed by atoms with Crippen molar-refractivity contribution in [3.8, 4) is 0 Å². The zero-order valence-corrected chi connectivity index (χ0v) is 11.8. The minimum Gasteiger partial charge on any atom is -0.378 e. The van der Waals surface area contributed by atoms with Gasteiger partial charge in [-0.3, -0.25) is 4.79 Å². The summed E-state index contributed by atoms with van der Waals surface area (Å²) in [4.78, 5) is 14.6. The molecule has 0 aliphatic heterocycles. The summed E-state index contributed by atoms with van der Waals surface area (Å²) in [6.07, 6.45) is 1.56. The molecule has 1 heterocycles. The summed E-state index contributed by atoms with van der Waals surface area (Å²) in [5.41, 5.74) is 9.64. The lowest BCUT2D eigenvalue weighted by molar-refractivity contribution is -0.122. The highest BCUT2D eigenvalue weighted by Crippen LogP contribution is 2.10. The summed E-state index contributed by atoms with van der Waals surface area (Å²) in [7, 11) is 3.93. The number of benzene rings is 1. The molecule has 1 aromatic heterocycles. The molecule has 1 amide bonds. The van der Waals surface area contributed by atoms with E-state index in [2.05, 4.69) is 25.9 Å². The van der Waals surface area contributed by atoms with Crippen LogP contribution in [0.5, 0.6) is 0 Å². The number of hydrogen-bond acceptors (Lipinski definition) is 7. The SMILES string of the molecule is CN(C)c1ccc(C=NNC(=O)Cn2nnc(N)n2)cc1. The number of nitrogens with one attached hydrogen (secondary N) is 1. The zero-order valence-electron chi connectivity index (χ0n) is 11.8. The van der Waals surface area contributed by atoms with E-state index in [9.17, 15) is 4.79 Å². The smallest absolute Gasteiger partial charge is 0.263 e. The second-order valence-electron chi connectivity index (χ2n) is 4.46. The first kappa shape index (κ1) is 14.4. The van der Waals surface area contributed by atoms with Gasteiger partial charge < -0.3 is 10.6 Å². The highest BCUT2D eigenvalue weighted by atomic mass is 16.2. The molecular weight excluding hydrogens is 272 g/mol. The maximum atomic E-state index is 11.6. The van der Waals surface area contributed by atoms with E-state index in [1.165, 1.54) is 0 Å². The Balaban J connectivity index is 1.85. The fourth-order valence-corrected chi connectivity index (χ4v) is 1.52. The molecule has 3 N–H and O–H groups in total. The van der Waals surface area contributed by atoms with Gasteiger partial charge in [0.05, 0.1) is 6.21 Å². The monoisotopic (exact) mass is 288 g/mol. The first-order valence-electron chi connectivity index (χ1n) is 6.17. The van der Waals surface area contributed by atoms with Crippen LogP contribution in [-0.4, -0.2) is 46.4 Å². The Hall–Kier alpha value is -2.97. The fourth-order valence-electron chi connectivity index (χ4n) is 1.52. The van der Waals surface area contributed by atoms with Crippen LogP contribution in [0.2, 0.25) is 0 Å². The van der Waals surface area contributed by atoms with Gasteiger partial charge in [-0.15, -0.1) is 5.10 Å². The van der Waals surface area contributed by atoms with E-state index >= 15 is 0 Å². The molecule has 0 aliphatic rings. The summed E-state index contributed by atoms with van der Waals surface area (Å²) in [6, 6.07) is 7.74. The number of anilines is 2. The van der Waals surface area contributed by atoms with Crippen molar-refractivity contribution in [2.75, 3.05) is 24.7 Å². The van der Waals surface area contributed by atoms with Crippen LogP contribution >= 0.6 is 0 Å². The molecule has 0 atom stereocenters. The number of hydrogen-bond donors (Lipinski definition) is 2. The number of nitrogen functional groups attached to an aromatic ring is 1. The molecule has 1 aromatic carbocycles. The van der Waals surface area contributed by atoms with Crippen LogP contribution in [0.3, 0.4) is 0 Å². The van der Waals surface area contributed by atoms with Crippen LogP contribution in [0.1, 0.15) is 5.56 Å². The maximum Gasteiger partial charge on any atom is 0.263 e. The third-order valence-electron chi connectivity index (χ3n) is 2.57. The molecule has 0 saturated carbocycles. The number of carbonyl (C=O) groups is 1. The van der Waals surface area contributed by atoms with E-state index in [0.717, 1.165) is 16.0 Å². The summed E-state index contributed by atoms with van der Waals surface area (Å²) >= 11 is 0. The van der Waals surface area contributed by atoms with Gasteiger partial charge in [-0.05, 0) is 22.9 Å². The Morgan fingerprint density at radius 2 is 2.14 bits per heavy atom. The molecule has 0 bridgehead atoms. The summed E-state index contributed by atoms with van der Waals surface area (Å²) in [5.74, 6) is -0.346. The van der Waals surface area contributed by atoms with Gasteiger partial charge in [-0.1, -0.05) is 17.2 Å². The molecule has 9 nitrogen and oxygen atoms in total. The number of hydrazone groups is 1. The van der Waals surface area contributed by atoms with Crippen molar-refractivity contribution in [3.05, 3.63) is 29.8 Å². The van der Waals surface area contributed by atoms with E-state index in [0.29, 0.717) is 0 Å². The third kappa shape index (κ3) is 4.27. The average molecular weight is 288 g/mol. The van der Waals surface area contributed by atoms with Crippen LogP contribution in [0.4, 0.5) is 11.6 Å². The van der Waals surface area contributed by atoms with Crippen molar-refractivity contribution in [3.63, 3.8) is 0 Å². The Morgan fingerprint density at radius 3 is 2.71 bits per heavy atom. The van der Waals surface area contributed by atoms with E-state index in [1.807, 2.05) is 43.3 Å². The van der Waals surface area contributed by atoms with Crippen LogP contribution in [0, 0.1) is 0 Å². The number of amides is 1. The van der Waals surface area contributed by atoms with E-state index in [4.69, 9.17) is 5.73 Å². The average Bonchev–Trinajstić information content (AvgIpc) is 2.84. The summed E-state index contributed by atoms with van der Waals surface area (Å²) in [5, 5.41) is 14.6. The fraction of sp³-hybridized carbons (Fsp3) is 0.250. The molecule has 9 heteroatoms. The first-order valence-corrected chi connectivity index (χ1v) is 6.17. The van der Waals surface area contributed by atoms with Crippen LogP contribution in [-0.2, 0) is 11.3 Å². The van der Waals surface area contributed by atoms with Crippen LogP contribution in [0.15, 0.2) is 29.4 Å². The predicted octanol–water partition coefficient (Wildman–Crippen LogP) is -0.528. The van der Waals surface area contributed by atoms with Crippen LogP contribution < -0.4 is 16.1 Å². The molecular formula is C12H16N8O. The molecule has 2 aromatic rings. The molecule has 0 saturated heterocycles. The maximum absolute atomic E-state index is 11.6.